The third kappa shape index (κ3) is 12.7. The van der Waals surface area contributed by atoms with E-state index in [1.807, 2.05) is 54.3 Å². The zero-order valence-corrected chi connectivity index (χ0v) is 37.9. The Labute approximate surface area is 390 Å². The molecular weight excluding hydrogens is 849 g/mol. The fourth-order valence-electron chi connectivity index (χ4n) is 7.43. The topological polar surface area (TPSA) is 144 Å². The van der Waals surface area contributed by atoms with Crippen LogP contribution in [0.3, 0.4) is 0 Å². The summed E-state index contributed by atoms with van der Waals surface area (Å²) in [5.41, 5.74) is 3.02. The molecule has 1 aliphatic rings. The second kappa shape index (κ2) is 22.9. The van der Waals surface area contributed by atoms with Crippen molar-refractivity contribution in [3.05, 3.63) is 179 Å². The van der Waals surface area contributed by atoms with Crippen molar-refractivity contribution in [2.45, 2.75) is 39.2 Å². The molecule has 6 aromatic carbocycles. The minimum atomic E-state index is -0.799. The maximum atomic E-state index is 14.3. The number of carbonyl (C=O) groups is 5. The fraction of sp³-hybridized carbons (Fsp3) is 0.241. The van der Waals surface area contributed by atoms with E-state index in [2.05, 4.69) is 17.3 Å². The van der Waals surface area contributed by atoms with Crippen LogP contribution in [0.5, 0.6) is 23.0 Å². The van der Waals surface area contributed by atoms with Gasteiger partial charge in [0.05, 0.1) is 29.1 Å². The Morgan fingerprint density at radius 1 is 0.597 bits per heavy atom. The largest absolute Gasteiger partial charge is 0.491 e. The number of unbranched alkanes of at least 4 members (excludes halogenated alkanes) is 2. The molecule has 0 aliphatic carbocycles. The van der Waals surface area contributed by atoms with Gasteiger partial charge in [0.25, 0.3) is 11.8 Å². The highest BCUT2D eigenvalue weighted by atomic mass is 16.5. The Bertz CT molecular complexity index is 2680. The molecular formula is C54H54N4O9. The van der Waals surface area contributed by atoms with E-state index in [0.29, 0.717) is 30.0 Å². The number of para-hydroxylation sites is 2. The first-order chi connectivity index (χ1) is 32.5. The van der Waals surface area contributed by atoms with Crippen LogP contribution in [0, 0.1) is 6.92 Å². The molecule has 7 rings (SSSR count). The average molecular weight is 903 g/mol. The lowest BCUT2D eigenvalue weighted by Crippen LogP contribution is -2.47. The van der Waals surface area contributed by atoms with Crippen LogP contribution < -0.4 is 29.2 Å². The smallest absolute Gasteiger partial charge is 0.347 e. The first-order valence-electron chi connectivity index (χ1n) is 22.3. The van der Waals surface area contributed by atoms with Gasteiger partial charge in [-0.25, -0.2) is 9.59 Å². The molecule has 67 heavy (non-hydrogen) atoms. The predicted octanol–water partition coefficient (Wildman–Crippen LogP) is 9.25. The highest BCUT2D eigenvalue weighted by Gasteiger charge is 2.25. The van der Waals surface area contributed by atoms with Gasteiger partial charge < -0.3 is 39.0 Å². The number of rotatable bonds is 18. The molecule has 1 aliphatic heterocycles. The van der Waals surface area contributed by atoms with Crippen LogP contribution in [0.1, 0.15) is 78.2 Å². The molecule has 6 aromatic rings. The van der Waals surface area contributed by atoms with Gasteiger partial charge >= 0.3 is 11.9 Å². The molecule has 0 bridgehead atoms. The Morgan fingerprint density at radius 2 is 1.25 bits per heavy atom. The number of hydrogen-bond donors (Lipinski definition) is 1. The lowest BCUT2D eigenvalue weighted by Gasteiger charge is -2.32. The summed E-state index contributed by atoms with van der Waals surface area (Å²) in [6, 6.07) is 40.7. The molecule has 1 saturated heterocycles. The molecule has 13 nitrogen and oxygen atoms in total. The number of likely N-dealkylation sites (N-methyl/N-ethyl adjacent to an activating group) is 1. The number of anilines is 2. The summed E-state index contributed by atoms with van der Waals surface area (Å²) in [7, 11) is 3.69. The number of amides is 3. The van der Waals surface area contributed by atoms with Gasteiger partial charge in [-0.2, -0.15) is 0 Å². The van der Waals surface area contributed by atoms with Crippen LogP contribution in [0.25, 0.3) is 0 Å². The summed E-state index contributed by atoms with van der Waals surface area (Å²) in [5.74, 6) is -1.70. The molecule has 1 N–H and O–H groups in total. The molecule has 0 unspecified atom stereocenters. The van der Waals surface area contributed by atoms with E-state index in [1.54, 1.807) is 79.8 Å². The third-order valence-corrected chi connectivity index (χ3v) is 11.3. The van der Waals surface area contributed by atoms with Gasteiger partial charge in [-0.05, 0) is 111 Å². The van der Waals surface area contributed by atoms with Crippen molar-refractivity contribution in [2.24, 2.45) is 0 Å². The van der Waals surface area contributed by atoms with Crippen molar-refractivity contribution in [1.82, 2.24) is 9.80 Å². The second-order valence-corrected chi connectivity index (χ2v) is 16.3. The van der Waals surface area contributed by atoms with Crippen molar-refractivity contribution >= 4 is 41.0 Å². The van der Waals surface area contributed by atoms with Crippen LogP contribution in [-0.2, 0) is 11.4 Å². The normalized spacial score (nSPS) is 12.4. The zero-order chi connectivity index (χ0) is 47.1. The van der Waals surface area contributed by atoms with Crippen LogP contribution in [0.15, 0.2) is 146 Å². The molecule has 13 heteroatoms. The molecule has 0 spiro atoms. The van der Waals surface area contributed by atoms with Gasteiger partial charge in [-0.3, -0.25) is 14.4 Å². The maximum Gasteiger partial charge on any atom is 0.347 e. The molecule has 0 atom stereocenters. The number of nitrogens with one attached hydrogen (secondary N) is 1. The van der Waals surface area contributed by atoms with Crippen LogP contribution >= 0.6 is 0 Å². The Kier molecular flexibility index (Phi) is 16.1. The summed E-state index contributed by atoms with van der Waals surface area (Å²) < 4.78 is 24.0. The maximum absolute atomic E-state index is 14.3. The van der Waals surface area contributed by atoms with E-state index in [1.165, 1.54) is 35.2 Å². The SMILES string of the molecule is Cc1ccc(N(C)C(=O)c2ccc(NC(=O)c3ccccc3OC(=O)c3ccccc3)c(OC(=O)c3ccccc3OCc3ccccc3)c2)c(OCCCCCC(=O)N2CCN(C)CC2)c1. The Balaban J connectivity index is 1.09. The summed E-state index contributed by atoms with van der Waals surface area (Å²) in [6.07, 6.45) is 2.80. The quantitative estimate of drug-likeness (QED) is 0.0504. The number of ether oxygens (including phenoxy) is 4. The Morgan fingerprint density at radius 3 is 2.00 bits per heavy atom. The minimum Gasteiger partial charge on any atom is -0.491 e. The van der Waals surface area contributed by atoms with Crippen LogP contribution in [0.2, 0.25) is 0 Å². The van der Waals surface area contributed by atoms with Crippen molar-refractivity contribution in [2.75, 3.05) is 57.1 Å². The van der Waals surface area contributed by atoms with E-state index in [4.69, 9.17) is 18.9 Å². The molecule has 344 valence electrons. The molecule has 0 radical (unpaired) electrons. The number of nitrogens with zero attached hydrogens (tertiary/aromatic N) is 3. The van der Waals surface area contributed by atoms with Crippen LogP contribution in [-0.4, -0.2) is 86.3 Å². The molecule has 3 amide bonds. The number of carbonyl (C=O) groups excluding carboxylic acids is 5. The van der Waals surface area contributed by atoms with Crippen molar-refractivity contribution in [1.29, 1.82) is 0 Å². The summed E-state index contributed by atoms with van der Waals surface area (Å²) >= 11 is 0. The van der Waals surface area contributed by atoms with Gasteiger partial charge in [0.15, 0.2) is 5.75 Å². The molecule has 0 saturated carbocycles. The third-order valence-electron chi connectivity index (χ3n) is 11.3. The van der Waals surface area contributed by atoms with Gasteiger partial charge in [0.2, 0.25) is 5.91 Å². The lowest BCUT2D eigenvalue weighted by atomic mass is 10.1. The van der Waals surface area contributed by atoms with E-state index < -0.39 is 23.8 Å². The zero-order valence-electron chi connectivity index (χ0n) is 37.9. The van der Waals surface area contributed by atoms with E-state index in [0.717, 1.165) is 56.6 Å². The minimum absolute atomic E-state index is 0.0118. The van der Waals surface area contributed by atoms with E-state index in [-0.39, 0.29) is 52.1 Å². The number of aryl methyl sites for hydroxylation is 1. The first kappa shape index (κ1) is 47.2. The number of piperazine rings is 1. The monoisotopic (exact) mass is 902 g/mol. The summed E-state index contributed by atoms with van der Waals surface area (Å²) in [5, 5.41) is 2.80. The predicted molar refractivity (Wildman–Crippen MR) is 256 cm³/mol. The van der Waals surface area contributed by atoms with E-state index in [9.17, 15) is 24.0 Å². The molecule has 0 aromatic heterocycles. The van der Waals surface area contributed by atoms with Crippen molar-refractivity contribution < 1.29 is 42.9 Å². The van der Waals surface area contributed by atoms with Gasteiger partial charge in [-0.15, -0.1) is 0 Å². The average Bonchev–Trinajstić information content (AvgIpc) is 3.35. The summed E-state index contributed by atoms with van der Waals surface area (Å²) in [4.78, 5) is 73.7. The highest BCUT2D eigenvalue weighted by Crippen LogP contribution is 2.34. The lowest BCUT2D eigenvalue weighted by molar-refractivity contribution is -0.132. The van der Waals surface area contributed by atoms with Crippen molar-refractivity contribution in [3.8, 4) is 23.0 Å². The molecule has 1 fully saturated rings. The summed E-state index contributed by atoms with van der Waals surface area (Å²) in [6.45, 7) is 5.83. The van der Waals surface area contributed by atoms with Gasteiger partial charge in [0.1, 0.15) is 29.4 Å². The highest BCUT2D eigenvalue weighted by molar-refractivity contribution is 6.10. The van der Waals surface area contributed by atoms with Crippen molar-refractivity contribution in [3.63, 3.8) is 0 Å². The van der Waals surface area contributed by atoms with Crippen LogP contribution in [0.4, 0.5) is 11.4 Å². The van der Waals surface area contributed by atoms with Gasteiger partial charge in [0, 0.05) is 45.2 Å². The number of hydrogen-bond acceptors (Lipinski definition) is 10. The molecule has 1 heterocycles. The number of esters is 2. The van der Waals surface area contributed by atoms with Gasteiger partial charge in [-0.1, -0.05) is 78.9 Å². The standard InChI is InChI=1S/C54H54N4O9/c1-38-26-29-45(49(35-38)64-34-16-6-11-25-50(59)58-32-30-56(2)31-33-58)57(3)52(61)41-27-28-44(55-51(60)42-21-12-15-24-47(42)66-53(62)40-19-9-5-10-20-40)48(36-41)67-54(63)43-22-13-14-23-46(43)65-37-39-17-7-4-8-18-39/h4-5,7-10,12-15,17-24,26-29,35-36H,6,11,16,25,30-34,37H2,1-3H3,(H,55,60). The Hall–Kier alpha value is -7.77. The fourth-order valence-corrected chi connectivity index (χ4v) is 7.43. The second-order valence-electron chi connectivity index (χ2n) is 16.3. The first-order valence-corrected chi connectivity index (χ1v) is 22.3. The number of benzene rings is 6. The van der Waals surface area contributed by atoms with E-state index >= 15 is 0 Å².